The first kappa shape index (κ1) is 11.8. The van der Waals surface area contributed by atoms with Gasteiger partial charge in [-0.2, -0.15) is 0 Å². The van der Waals surface area contributed by atoms with E-state index in [4.69, 9.17) is 14.2 Å². The predicted octanol–water partition coefficient (Wildman–Crippen LogP) is 2.41. The Kier molecular flexibility index (Phi) is 3.85. The number of hydrogen-bond acceptors (Lipinski definition) is 4. The number of carbonyl (C=O) groups excluding carboxylic acids is 1. The average Bonchev–Trinajstić information content (AvgIpc) is 2.60. The Morgan fingerprint density at radius 2 is 2.06 bits per heavy atom. The van der Waals surface area contributed by atoms with Crippen molar-refractivity contribution < 1.29 is 19.0 Å². The summed E-state index contributed by atoms with van der Waals surface area (Å²) in [5.74, 6) is 0.991. The van der Waals surface area contributed by atoms with Crippen LogP contribution in [0.1, 0.15) is 30.1 Å². The fraction of sp³-hybridized carbons (Fsp3) is 0.462. The van der Waals surface area contributed by atoms with Crippen molar-refractivity contribution in [3.05, 3.63) is 23.8 Å². The molecule has 0 spiro atoms. The molecule has 4 heteroatoms. The van der Waals surface area contributed by atoms with E-state index < -0.39 is 0 Å². The van der Waals surface area contributed by atoms with E-state index in [2.05, 4.69) is 0 Å². The van der Waals surface area contributed by atoms with Crippen LogP contribution >= 0.6 is 0 Å². The lowest BCUT2D eigenvalue weighted by atomic mass is 10.2. The van der Waals surface area contributed by atoms with Crippen LogP contribution in [0.2, 0.25) is 0 Å². The van der Waals surface area contributed by atoms with E-state index in [0.717, 1.165) is 12.8 Å². The van der Waals surface area contributed by atoms with Gasteiger partial charge in [0.2, 0.25) is 0 Å². The zero-order valence-electron chi connectivity index (χ0n) is 9.90. The first-order valence-corrected chi connectivity index (χ1v) is 5.88. The van der Waals surface area contributed by atoms with Crippen molar-refractivity contribution in [2.75, 3.05) is 19.8 Å². The van der Waals surface area contributed by atoms with E-state index in [1.54, 1.807) is 18.2 Å². The molecule has 1 heterocycles. The number of carbonyl (C=O) groups is 1. The summed E-state index contributed by atoms with van der Waals surface area (Å²) in [4.78, 5) is 11.7. The van der Waals surface area contributed by atoms with Gasteiger partial charge in [-0.1, -0.05) is 6.92 Å². The van der Waals surface area contributed by atoms with Gasteiger partial charge in [0, 0.05) is 6.42 Å². The molecule has 0 fully saturated rings. The van der Waals surface area contributed by atoms with Gasteiger partial charge >= 0.3 is 5.97 Å². The molecule has 1 aliphatic heterocycles. The van der Waals surface area contributed by atoms with Crippen molar-refractivity contribution in [2.24, 2.45) is 0 Å². The van der Waals surface area contributed by atoms with Crippen molar-refractivity contribution in [2.45, 2.75) is 19.8 Å². The minimum atomic E-state index is -0.317. The van der Waals surface area contributed by atoms with Crippen LogP contribution in [0.5, 0.6) is 11.5 Å². The largest absolute Gasteiger partial charge is 0.490 e. The maximum Gasteiger partial charge on any atom is 0.338 e. The molecule has 1 aromatic rings. The lowest BCUT2D eigenvalue weighted by Crippen LogP contribution is -2.06. The highest BCUT2D eigenvalue weighted by Crippen LogP contribution is 2.30. The van der Waals surface area contributed by atoms with Gasteiger partial charge in [0.05, 0.1) is 25.4 Å². The minimum absolute atomic E-state index is 0.317. The summed E-state index contributed by atoms with van der Waals surface area (Å²) >= 11 is 0. The van der Waals surface area contributed by atoms with E-state index in [9.17, 15) is 4.79 Å². The predicted molar refractivity (Wildman–Crippen MR) is 62.6 cm³/mol. The van der Waals surface area contributed by atoms with Crippen LogP contribution in [0.4, 0.5) is 0 Å². The van der Waals surface area contributed by atoms with Gasteiger partial charge < -0.3 is 14.2 Å². The maximum atomic E-state index is 11.7. The van der Waals surface area contributed by atoms with Crippen molar-refractivity contribution in [1.29, 1.82) is 0 Å². The second-order valence-electron chi connectivity index (χ2n) is 3.85. The molecular formula is C13H16O4. The van der Waals surface area contributed by atoms with Gasteiger partial charge in [-0.3, -0.25) is 0 Å². The van der Waals surface area contributed by atoms with Crippen LogP contribution in [0.25, 0.3) is 0 Å². The van der Waals surface area contributed by atoms with Crippen molar-refractivity contribution in [3.63, 3.8) is 0 Å². The molecule has 0 saturated heterocycles. The fourth-order valence-electron chi connectivity index (χ4n) is 1.57. The van der Waals surface area contributed by atoms with Gasteiger partial charge in [-0.25, -0.2) is 4.79 Å². The standard InChI is InChI=1S/C13H16O4/c1-2-6-17-13(14)10-4-5-11-12(9-10)16-8-3-7-15-11/h4-5,9H,2-3,6-8H2,1H3. The number of ether oxygens (including phenoxy) is 3. The number of esters is 1. The van der Waals surface area contributed by atoms with Crippen LogP contribution in [-0.2, 0) is 4.74 Å². The third kappa shape index (κ3) is 2.90. The minimum Gasteiger partial charge on any atom is -0.490 e. The molecule has 1 aliphatic rings. The molecule has 0 unspecified atom stereocenters. The van der Waals surface area contributed by atoms with E-state index >= 15 is 0 Å². The molecule has 0 N–H and O–H groups in total. The molecule has 0 saturated carbocycles. The molecule has 92 valence electrons. The highest BCUT2D eigenvalue weighted by atomic mass is 16.5. The molecule has 4 nitrogen and oxygen atoms in total. The summed E-state index contributed by atoms with van der Waals surface area (Å²) in [7, 11) is 0. The molecule has 0 aliphatic carbocycles. The number of fused-ring (bicyclic) bond motifs is 1. The Bertz CT molecular complexity index is 400. The number of hydrogen-bond donors (Lipinski definition) is 0. The Morgan fingerprint density at radius 1 is 1.29 bits per heavy atom. The maximum absolute atomic E-state index is 11.7. The second-order valence-corrected chi connectivity index (χ2v) is 3.85. The monoisotopic (exact) mass is 236 g/mol. The zero-order valence-corrected chi connectivity index (χ0v) is 9.90. The summed E-state index contributed by atoms with van der Waals surface area (Å²) in [6, 6.07) is 5.13. The summed E-state index contributed by atoms with van der Waals surface area (Å²) in [6.07, 6.45) is 1.67. The summed E-state index contributed by atoms with van der Waals surface area (Å²) in [5.41, 5.74) is 0.503. The second kappa shape index (κ2) is 5.57. The van der Waals surface area contributed by atoms with E-state index in [1.165, 1.54) is 0 Å². The number of rotatable bonds is 3. The first-order valence-electron chi connectivity index (χ1n) is 5.88. The topological polar surface area (TPSA) is 44.8 Å². The van der Waals surface area contributed by atoms with Crippen molar-refractivity contribution in [3.8, 4) is 11.5 Å². The molecule has 0 radical (unpaired) electrons. The highest BCUT2D eigenvalue weighted by molar-refractivity contribution is 5.90. The van der Waals surface area contributed by atoms with Gasteiger partial charge in [-0.15, -0.1) is 0 Å². The Balaban J connectivity index is 2.14. The fourth-order valence-corrected chi connectivity index (χ4v) is 1.57. The molecule has 0 atom stereocenters. The molecule has 17 heavy (non-hydrogen) atoms. The van der Waals surface area contributed by atoms with E-state index in [0.29, 0.717) is 36.9 Å². The molecule has 0 aromatic heterocycles. The molecule has 1 aromatic carbocycles. The summed E-state index contributed by atoms with van der Waals surface area (Å²) in [6.45, 7) is 3.65. The smallest absolute Gasteiger partial charge is 0.338 e. The Hall–Kier alpha value is -1.71. The Labute approximate surface area is 100 Å². The van der Waals surface area contributed by atoms with Gasteiger partial charge in [0.1, 0.15) is 0 Å². The van der Waals surface area contributed by atoms with Crippen molar-refractivity contribution in [1.82, 2.24) is 0 Å². The third-order valence-corrected chi connectivity index (χ3v) is 2.42. The normalized spacial score (nSPS) is 13.9. The van der Waals surface area contributed by atoms with Gasteiger partial charge in [0.15, 0.2) is 11.5 Å². The SMILES string of the molecule is CCCOC(=O)c1ccc2c(c1)OCCCO2. The third-order valence-electron chi connectivity index (χ3n) is 2.42. The van der Waals surface area contributed by atoms with Crippen LogP contribution < -0.4 is 9.47 Å². The summed E-state index contributed by atoms with van der Waals surface area (Å²) in [5, 5.41) is 0. The van der Waals surface area contributed by atoms with Gasteiger partial charge in [0.25, 0.3) is 0 Å². The Morgan fingerprint density at radius 3 is 2.82 bits per heavy atom. The van der Waals surface area contributed by atoms with E-state index in [1.807, 2.05) is 6.92 Å². The molecule has 0 amide bonds. The van der Waals surface area contributed by atoms with E-state index in [-0.39, 0.29) is 5.97 Å². The van der Waals surface area contributed by atoms with Crippen LogP contribution in [-0.4, -0.2) is 25.8 Å². The van der Waals surface area contributed by atoms with Gasteiger partial charge in [-0.05, 0) is 24.6 Å². The average molecular weight is 236 g/mol. The zero-order chi connectivity index (χ0) is 12.1. The number of benzene rings is 1. The lowest BCUT2D eigenvalue weighted by Gasteiger charge is -2.09. The molecule has 0 bridgehead atoms. The van der Waals surface area contributed by atoms with Crippen LogP contribution in [0.15, 0.2) is 18.2 Å². The quantitative estimate of drug-likeness (QED) is 0.756. The summed E-state index contributed by atoms with van der Waals surface area (Å²) < 4.78 is 16.1. The molecule has 2 rings (SSSR count). The van der Waals surface area contributed by atoms with Crippen LogP contribution in [0, 0.1) is 0 Å². The van der Waals surface area contributed by atoms with Crippen molar-refractivity contribution >= 4 is 5.97 Å². The lowest BCUT2D eigenvalue weighted by molar-refractivity contribution is 0.0504. The molecular weight excluding hydrogens is 220 g/mol. The highest BCUT2D eigenvalue weighted by Gasteiger charge is 2.14. The first-order chi connectivity index (χ1) is 8.31. The van der Waals surface area contributed by atoms with Crippen LogP contribution in [0.3, 0.4) is 0 Å².